The van der Waals surface area contributed by atoms with Crippen molar-refractivity contribution in [3.63, 3.8) is 0 Å². The molecule has 0 aliphatic carbocycles. The molecule has 3 aromatic rings. The second-order valence-corrected chi connectivity index (χ2v) is 5.30. The molecule has 0 aliphatic rings. The summed E-state index contributed by atoms with van der Waals surface area (Å²) in [5.74, 6) is 1.15. The van der Waals surface area contributed by atoms with Crippen LogP contribution in [-0.4, -0.2) is 31.9 Å². The number of H-pyrrole nitrogens is 1. The monoisotopic (exact) mass is 301 g/mol. The Morgan fingerprint density at radius 1 is 1.14 bits per heavy atom. The van der Waals surface area contributed by atoms with Gasteiger partial charge in [0.1, 0.15) is 5.82 Å². The van der Waals surface area contributed by atoms with Crippen LogP contribution in [0.2, 0.25) is 0 Å². The molecule has 0 radical (unpaired) electrons. The van der Waals surface area contributed by atoms with Crippen molar-refractivity contribution >= 4 is 28.6 Å². The van der Waals surface area contributed by atoms with Crippen molar-refractivity contribution in [2.45, 2.75) is 13.8 Å². The maximum Gasteiger partial charge on any atom is 0.226 e. The predicted molar refractivity (Wildman–Crippen MR) is 82.5 cm³/mol. The van der Waals surface area contributed by atoms with Crippen molar-refractivity contribution in [2.75, 3.05) is 17.2 Å². The van der Waals surface area contributed by atoms with Gasteiger partial charge in [-0.3, -0.25) is 0 Å². The van der Waals surface area contributed by atoms with Crippen molar-refractivity contribution < 1.29 is 4.39 Å². The van der Waals surface area contributed by atoms with Crippen LogP contribution in [-0.2, 0) is 0 Å². The van der Waals surface area contributed by atoms with E-state index in [0.717, 1.165) is 6.54 Å². The lowest BCUT2D eigenvalue weighted by atomic mass is 10.2. The topological polar surface area (TPSA) is 91.4 Å². The van der Waals surface area contributed by atoms with Crippen molar-refractivity contribution in [1.82, 2.24) is 25.4 Å². The van der Waals surface area contributed by atoms with Gasteiger partial charge in [-0.25, -0.2) is 4.39 Å². The fourth-order valence-corrected chi connectivity index (χ4v) is 1.88. The Balaban J connectivity index is 1.92. The Bertz CT molecular complexity index is 766. The van der Waals surface area contributed by atoms with Crippen LogP contribution in [0.5, 0.6) is 0 Å². The first-order valence-corrected chi connectivity index (χ1v) is 6.97. The number of hydrogen-bond acceptors (Lipinski definition) is 6. The Morgan fingerprint density at radius 3 is 2.64 bits per heavy atom. The van der Waals surface area contributed by atoms with Gasteiger partial charge in [0.05, 0.1) is 0 Å². The summed E-state index contributed by atoms with van der Waals surface area (Å²) in [5.41, 5.74) is 1.70. The average molecular weight is 301 g/mol. The van der Waals surface area contributed by atoms with Gasteiger partial charge < -0.3 is 10.6 Å². The van der Waals surface area contributed by atoms with Crippen molar-refractivity contribution in [2.24, 2.45) is 5.92 Å². The molecule has 0 atom stereocenters. The van der Waals surface area contributed by atoms with Gasteiger partial charge in [0.2, 0.25) is 11.6 Å². The van der Waals surface area contributed by atoms with E-state index in [1.165, 1.54) is 12.1 Å². The molecule has 0 spiro atoms. The number of nitrogens with zero attached hydrogens (tertiary/aromatic N) is 4. The molecule has 0 amide bonds. The highest BCUT2D eigenvalue weighted by molar-refractivity contribution is 5.85. The molecule has 2 heterocycles. The van der Waals surface area contributed by atoms with Gasteiger partial charge in [0, 0.05) is 12.2 Å². The second kappa shape index (κ2) is 5.92. The third-order valence-corrected chi connectivity index (χ3v) is 2.96. The summed E-state index contributed by atoms with van der Waals surface area (Å²) < 4.78 is 13.0. The lowest BCUT2D eigenvalue weighted by Gasteiger charge is -2.10. The number of aromatic nitrogens is 5. The van der Waals surface area contributed by atoms with Crippen LogP contribution in [0, 0.1) is 11.7 Å². The third-order valence-electron chi connectivity index (χ3n) is 2.96. The van der Waals surface area contributed by atoms with Gasteiger partial charge in [-0.1, -0.05) is 13.8 Å². The lowest BCUT2D eigenvalue weighted by Crippen LogP contribution is -2.11. The smallest absolute Gasteiger partial charge is 0.226 e. The van der Waals surface area contributed by atoms with Gasteiger partial charge in [-0.2, -0.15) is 20.3 Å². The standard InChI is InChI=1S/C14H16FN7/c1-8(2)7-16-14-18-12(11-13(19-14)21-22-20-11)17-10-5-3-9(15)4-6-10/h3-6,8H,7H2,1-2H3,(H3,16,17,18,19,20,21,22). The summed E-state index contributed by atoms with van der Waals surface area (Å²) in [6, 6.07) is 6.01. The fraction of sp³-hybridized carbons (Fsp3) is 0.286. The molecule has 3 rings (SSSR count). The summed E-state index contributed by atoms with van der Waals surface area (Å²) >= 11 is 0. The lowest BCUT2D eigenvalue weighted by molar-refractivity contribution is 0.628. The van der Waals surface area contributed by atoms with Crippen LogP contribution in [0.4, 0.5) is 21.8 Å². The largest absolute Gasteiger partial charge is 0.354 e. The Labute approximate surface area is 126 Å². The molecule has 0 bridgehead atoms. The minimum Gasteiger partial charge on any atom is -0.354 e. The molecular weight excluding hydrogens is 285 g/mol. The number of aromatic amines is 1. The molecular formula is C14H16FN7. The number of benzene rings is 1. The van der Waals surface area contributed by atoms with E-state index < -0.39 is 0 Å². The summed E-state index contributed by atoms with van der Waals surface area (Å²) in [4.78, 5) is 8.71. The molecule has 114 valence electrons. The minimum absolute atomic E-state index is 0.292. The number of anilines is 3. The van der Waals surface area contributed by atoms with Crippen molar-refractivity contribution in [3.8, 4) is 0 Å². The van der Waals surface area contributed by atoms with Gasteiger partial charge >= 0.3 is 0 Å². The molecule has 0 fully saturated rings. The molecule has 1 aromatic carbocycles. The van der Waals surface area contributed by atoms with Crippen LogP contribution >= 0.6 is 0 Å². The van der Waals surface area contributed by atoms with E-state index in [1.54, 1.807) is 12.1 Å². The zero-order chi connectivity index (χ0) is 15.5. The van der Waals surface area contributed by atoms with E-state index >= 15 is 0 Å². The van der Waals surface area contributed by atoms with Crippen LogP contribution in [0.25, 0.3) is 11.2 Å². The number of fused-ring (bicyclic) bond motifs is 1. The number of hydrogen-bond donors (Lipinski definition) is 3. The second-order valence-electron chi connectivity index (χ2n) is 5.30. The van der Waals surface area contributed by atoms with Crippen LogP contribution in [0.15, 0.2) is 24.3 Å². The molecule has 3 N–H and O–H groups in total. The van der Waals surface area contributed by atoms with Crippen LogP contribution in [0.3, 0.4) is 0 Å². The van der Waals surface area contributed by atoms with Crippen LogP contribution in [0.1, 0.15) is 13.8 Å². The Hall–Kier alpha value is -2.77. The Kier molecular flexibility index (Phi) is 3.82. The summed E-state index contributed by atoms with van der Waals surface area (Å²) in [7, 11) is 0. The first-order valence-electron chi connectivity index (χ1n) is 6.97. The third kappa shape index (κ3) is 3.11. The van der Waals surface area contributed by atoms with E-state index in [4.69, 9.17) is 0 Å². The van der Waals surface area contributed by atoms with Crippen molar-refractivity contribution in [3.05, 3.63) is 30.1 Å². The normalized spacial score (nSPS) is 11.1. The van der Waals surface area contributed by atoms with E-state index in [2.05, 4.69) is 49.9 Å². The fourth-order valence-electron chi connectivity index (χ4n) is 1.88. The quantitative estimate of drug-likeness (QED) is 0.671. The summed E-state index contributed by atoms with van der Waals surface area (Å²) in [6.07, 6.45) is 0. The van der Waals surface area contributed by atoms with Crippen molar-refractivity contribution in [1.29, 1.82) is 0 Å². The molecule has 7 nitrogen and oxygen atoms in total. The average Bonchev–Trinajstić information content (AvgIpc) is 2.96. The maximum absolute atomic E-state index is 13.0. The maximum atomic E-state index is 13.0. The number of nitrogens with one attached hydrogen (secondary N) is 3. The molecule has 8 heteroatoms. The van der Waals surface area contributed by atoms with Gasteiger partial charge in [0.15, 0.2) is 11.3 Å². The van der Waals surface area contributed by atoms with E-state index in [1.807, 2.05) is 0 Å². The summed E-state index contributed by atoms with van der Waals surface area (Å²) in [6.45, 7) is 4.94. The molecule has 0 unspecified atom stereocenters. The molecule has 0 saturated carbocycles. The zero-order valence-electron chi connectivity index (χ0n) is 12.3. The number of halogens is 1. The highest BCUT2D eigenvalue weighted by Gasteiger charge is 2.12. The Morgan fingerprint density at radius 2 is 1.91 bits per heavy atom. The molecule has 0 aliphatic heterocycles. The van der Waals surface area contributed by atoms with Crippen LogP contribution < -0.4 is 10.6 Å². The predicted octanol–water partition coefficient (Wildman–Crippen LogP) is 2.70. The minimum atomic E-state index is -0.292. The zero-order valence-corrected chi connectivity index (χ0v) is 12.3. The van der Waals surface area contributed by atoms with E-state index in [-0.39, 0.29) is 5.82 Å². The highest BCUT2D eigenvalue weighted by atomic mass is 19.1. The molecule has 22 heavy (non-hydrogen) atoms. The highest BCUT2D eigenvalue weighted by Crippen LogP contribution is 2.22. The van der Waals surface area contributed by atoms with Gasteiger partial charge in [-0.05, 0) is 30.2 Å². The molecule has 2 aromatic heterocycles. The first kappa shape index (κ1) is 14.2. The SMILES string of the molecule is CC(C)CNc1nc(Nc2ccc(F)cc2)c2n[nH]nc2n1. The molecule has 0 saturated heterocycles. The number of rotatable bonds is 5. The first-order chi connectivity index (χ1) is 10.6. The van der Waals surface area contributed by atoms with E-state index in [0.29, 0.717) is 34.5 Å². The summed E-state index contributed by atoms with van der Waals surface area (Å²) in [5, 5.41) is 16.8. The van der Waals surface area contributed by atoms with Gasteiger partial charge in [0.25, 0.3) is 0 Å². The van der Waals surface area contributed by atoms with E-state index in [9.17, 15) is 4.39 Å². The van der Waals surface area contributed by atoms with Gasteiger partial charge in [-0.15, -0.1) is 5.10 Å².